The molecule has 0 aliphatic carbocycles. The van der Waals surface area contributed by atoms with E-state index in [9.17, 15) is 9.59 Å². The molecule has 41 heavy (non-hydrogen) atoms. The number of likely N-dealkylation sites (tertiary alicyclic amines) is 1. The molecule has 1 saturated heterocycles. The highest BCUT2D eigenvalue weighted by Gasteiger charge is 2.40. The quantitative estimate of drug-likeness (QED) is 0.150. The molecule has 0 spiro atoms. The second-order valence-electron chi connectivity index (χ2n) is 13.6. The third-order valence-electron chi connectivity index (χ3n) is 7.12. The summed E-state index contributed by atoms with van der Waals surface area (Å²) in [6.07, 6.45) is 0.0157. The van der Waals surface area contributed by atoms with E-state index in [1.807, 2.05) is 13.8 Å². The van der Waals surface area contributed by atoms with Crippen LogP contribution in [0.4, 0.5) is 10.5 Å². The first kappa shape index (κ1) is 35.4. The Labute approximate surface area is 256 Å². The van der Waals surface area contributed by atoms with Crippen LogP contribution in [0.15, 0.2) is 24.3 Å². The van der Waals surface area contributed by atoms with Gasteiger partial charge in [-0.05, 0) is 44.5 Å². The molecule has 0 aromatic heterocycles. The number of hydrogen-bond donors (Lipinski definition) is 1. The van der Waals surface area contributed by atoms with Crippen molar-refractivity contribution in [1.29, 1.82) is 0 Å². The molecule has 1 aromatic carbocycles. The van der Waals surface area contributed by atoms with E-state index in [1.165, 1.54) is 14.2 Å². The van der Waals surface area contributed by atoms with E-state index in [4.69, 9.17) is 18.6 Å². The fraction of sp³-hybridized carbons (Fsp3) is 0.667. The minimum atomic E-state index is -2.02. The van der Waals surface area contributed by atoms with Gasteiger partial charge in [-0.15, -0.1) is 0 Å². The van der Waals surface area contributed by atoms with Crippen LogP contribution in [0.3, 0.4) is 0 Å². The van der Waals surface area contributed by atoms with Crippen molar-refractivity contribution in [3.05, 3.63) is 29.8 Å². The summed E-state index contributed by atoms with van der Waals surface area (Å²) in [5.41, 5.74) is 1.53. The van der Waals surface area contributed by atoms with Gasteiger partial charge in [0.15, 0.2) is 19.8 Å². The van der Waals surface area contributed by atoms with Crippen molar-refractivity contribution in [2.45, 2.75) is 95.5 Å². The van der Waals surface area contributed by atoms with Gasteiger partial charge in [0.25, 0.3) is 5.91 Å². The smallest absolute Gasteiger partial charge is 0.411 e. The van der Waals surface area contributed by atoms with Gasteiger partial charge in [-0.2, -0.15) is 0 Å². The summed E-state index contributed by atoms with van der Waals surface area (Å²) in [5.74, 6) is 0.528. The Kier molecular flexibility index (Phi) is 11.8. The molecule has 1 heterocycles. The highest BCUT2D eigenvalue weighted by atomic mass is 33.1. The molecule has 1 aliphatic rings. The Balaban J connectivity index is 2.29. The van der Waals surface area contributed by atoms with Crippen LogP contribution in [-0.2, 0) is 9.16 Å². The molecule has 0 saturated carbocycles. The molecule has 1 aromatic rings. The third kappa shape index (κ3) is 10.1. The number of carbonyl (C=O) groups excluding carboxylic acids is 2. The molecule has 2 rings (SSSR count). The van der Waals surface area contributed by atoms with E-state index in [0.29, 0.717) is 31.1 Å². The molecular formula is C30H50N2O6S2Si. The molecule has 1 atom stereocenters. The van der Waals surface area contributed by atoms with Crippen LogP contribution >= 0.6 is 21.6 Å². The van der Waals surface area contributed by atoms with Gasteiger partial charge in [0.1, 0.15) is 6.61 Å². The summed E-state index contributed by atoms with van der Waals surface area (Å²) in [6, 6.07) is 3.04. The van der Waals surface area contributed by atoms with E-state index in [0.717, 1.165) is 5.57 Å². The molecule has 2 amide bonds. The monoisotopic (exact) mass is 626 g/mol. The van der Waals surface area contributed by atoms with Gasteiger partial charge in [0.05, 0.1) is 42.9 Å². The summed E-state index contributed by atoms with van der Waals surface area (Å²) in [4.78, 5) is 28.8. The van der Waals surface area contributed by atoms with Crippen LogP contribution in [0, 0.1) is 0 Å². The first-order valence-electron chi connectivity index (χ1n) is 13.9. The van der Waals surface area contributed by atoms with Gasteiger partial charge < -0.3 is 23.5 Å². The SMILES string of the molecule is C=C1C[C@@H](CO[Si](C)(C)C(C)(C)C)N(C(=O)c2cc(OC)c(OC)cc2NC(=O)OCC(C)(C)SSC(C)(C)C)C1. The predicted octanol–water partition coefficient (Wildman–Crippen LogP) is 8.00. The van der Waals surface area contributed by atoms with Crippen molar-refractivity contribution in [2.75, 3.05) is 39.3 Å². The average molecular weight is 627 g/mol. The van der Waals surface area contributed by atoms with E-state index in [1.54, 1.807) is 38.6 Å². The van der Waals surface area contributed by atoms with Gasteiger partial charge in [-0.3, -0.25) is 10.1 Å². The number of nitrogens with zero attached hydrogens (tertiary/aromatic N) is 1. The van der Waals surface area contributed by atoms with Gasteiger partial charge in [-0.25, -0.2) is 4.79 Å². The molecule has 0 bridgehead atoms. The zero-order valence-corrected chi connectivity index (χ0v) is 29.6. The van der Waals surface area contributed by atoms with Crippen molar-refractivity contribution >= 4 is 47.6 Å². The van der Waals surface area contributed by atoms with Crippen LogP contribution in [-0.4, -0.2) is 74.7 Å². The number of hydrogen-bond acceptors (Lipinski definition) is 8. The topological polar surface area (TPSA) is 86.3 Å². The van der Waals surface area contributed by atoms with Crippen molar-refractivity contribution < 1.29 is 28.2 Å². The first-order valence-corrected chi connectivity index (χ1v) is 18.9. The fourth-order valence-corrected chi connectivity index (χ4v) is 6.94. The van der Waals surface area contributed by atoms with Gasteiger partial charge in [-0.1, -0.05) is 75.3 Å². The lowest BCUT2D eigenvalue weighted by atomic mass is 10.1. The lowest BCUT2D eigenvalue weighted by Gasteiger charge is -2.38. The van der Waals surface area contributed by atoms with Crippen LogP contribution in [0.1, 0.15) is 72.2 Å². The third-order valence-corrected chi connectivity index (χ3v) is 15.9. The number of amides is 2. The maximum Gasteiger partial charge on any atom is 0.411 e. The zero-order chi connectivity index (χ0) is 31.4. The lowest BCUT2D eigenvalue weighted by molar-refractivity contribution is 0.0686. The molecule has 0 unspecified atom stereocenters. The Morgan fingerprint density at radius 1 is 1.02 bits per heavy atom. The standard InChI is InChI=1S/C30H50N2O6S2Si/c1-20-14-21(18-38-41(12,13)29(5,6)7)32(17-20)26(33)22-15-24(35-10)25(36-11)16-23(22)31-27(34)37-19-30(8,9)40-39-28(2,3)4/h15-16,21H,1,14,17-19H2,2-13H3,(H,31,34)/t21-/m0/s1. The maximum absolute atomic E-state index is 14.0. The summed E-state index contributed by atoms with van der Waals surface area (Å²) in [6.45, 7) is 26.7. The van der Waals surface area contributed by atoms with Crippen LogP contribution < -0.4 is 14.8 Å². The van der Waals surface area contributed by atoms with Crippen molar-refractivity contribution in [3.8, 4) is 11.5 Å². The second kappa shape index (κ2) is 13.6. The fourth-order valence-electron chi connectivity index (χ4n) is 3.75. The largest absolute Gasteiger partial charge is 0.493 e. The number of ether oxygens (including phenoxy) is 3. The number of nitrogens with one attached hydrogen (secondary N) is 1. The zero-order valence-electron chi connectivity index (χ0n) is 27.0. The molecule has 1 N–H and O–H groups in total. The number of methoxy groups -OCH3 is 2. The molecule has 232 valence electrons. The summed E-state index contributed by atoms with van der Waals surface area (Å²) < 4.78 is 22.8. The minimum Gasteiger partial charge on any atom is -0.493 e. The van der Waals surface area contributed by atoms with E-state index < -0.39 is 14.4 Å². The molecular weight excluding hydrogens is 577 g/mol. The second-order valence-corrected chi connectivity index (χ2v) is 22.1. The summed E-state index contributed by atoms with van der Waals surface area (Å²) in [5, 5.41) is 2.83. The van der Waals surface area contributed by atoms with E-state index in [2.05, 4.69) is 66.5 Å². The number of anilines is 1. The van der Waals surface area contributed by atoms with E-state index >= 15 is 0 Å². The Bertz CT molecular complexity index is 1110. The van der Waals surface area contributed by atoms with E-state index in [-0.39, 0.29) is 44.3 Å². The van der Waals surface area contributed by atoms with Gasteiger partial charge >= 0.3 is 6.09 Å². The van der Waals surface area contributed by atoms with Crippen LogP contribution in [0.2, 0.25) is 18.1 Å². The van der Waals surface area contributed by atoms with Crippen LogP contribution in [0.25, 0.3) is 0 Å². The van der Waals surface area contributed by atoms with Crippen molar-refractivity contribution in [2.24, 2.45) is 0 Å². The normalized spacial score (nSPS) is 16.5. The maximum atomic E-state index is 14.0. The van der Waals surface area contributed by atoms with Crippen molar-refractivity contribution in [3.63, 3.8) is 0 Å². The number of rotatable bonds is 11. The Hall–Kier alpha value is -1.82. The highest BCUT2D eigenvalue weighted by molar-refractivity contribution is 8.77. The molecule has 11 heteroatoms. The minimum absolute atomic E-state index is 0.0523. The molecule has 8 nitrogen and oxygen atoms in total. The average Bonchev–Trinajstić information content (AvgIpc) is 3.24. The molecule has 1 fully saturated rings. The van der Waals surface area contributed by atoms with Crippen LogP contribution in [0.5, 0.6) is 11.5 Å². The molecule has 1 aliphatic heterocycles. The molecule has 0 radical (unpaired) electrons. The first-order chi connectivity index (χ1) is 18.7. The summed E-state index contributed by atoms with van der Waals surface area (Å²) in [7, 11) is 4.41. The number of benzene rings is 1. The van der Waals surface area contributed by atoms with Gasteiger partial charge in [0, 0.05) is 17.4 Å². The Morgan fingerprint density at radius 3 is 2.15 bits per heavy atom. The highest BCUT2D eigenvalue weighted by Crippen LogP contribution is 2.43. The number of carbonyl (C=O) groups is 2. The van der Waals surface area contributed by atoms with Gasteiger partial charge in [0.2, 0.25) is 0 Å². The van der Waals surface area contributed by atoms with Crippen molar-refractivity contribution in [1.82, 2.24) is 4.90 Å². The predicted molar refractivity (Wildman–Crippen MR) is 175 cm³/mol. The lowest BCUT2D eigenvalue weighted by Crippen LogP contribution is -2.46. The Morgan fingerprint density at radius 2 is 1.61 bits per heavy atom. The summed E-state index contributed by atoms with van der Waals surface area (Å²) >= 11 is 0.